The summed E-state index contributed by atoms with van der Waals surface area (Å²) in [5.41, 5.74) is 2.37. The Morgan fingerprint density at radius 1 is 0.838 bits per heavy atom. The van der Waals surface area contributed by atoms with E-state index in [1.165, 1.54) is 6.26 Å². The predicted molar refractivity (Wildman–Crippen MR) is 138 cm³/mol. The van der Waals surface area contributed by atoms with E-state index in [4.69, 9.17) is 4.42 Å². The summed E-state index contributed by atoms with van der Waals surface area (Å²) in [7, 11) is 0. The number of benzene rings is 3. The van der Waals surface area contributed by atoms with E-state index in [0.717, 1.165) is 16.7 Å². The fraction of sp³-hybridized carbons (Fsp3) is 0.129. The van der Waals surface area contributed by atoms with Gasteiger partial charge in [-0.15, -0.1) is 0 Å². The van der Waals surface area contributed by atoms with Crippen LogP contribution in [-0.2, 0) is 10.2 Å². The average molecular weight is 487 g/mol. The summed E-state index contributed by atoms with van der Waals surface area (Å²) in [5, 5.41) is 3.05. The molecule has 0 unspecified atom stereocenters. The van der Waals surface area contributed by atoms with Gasteiger partial charge < -0.3 is 14.6 Å². The first-order chi connectivity index (χ1) is 18.1. The van der Waals surface area contributed by atoms with E-state index in [-0.39, 0.29) is 23.2 Å². The summed E-state index contributed by atoms with van der Waals surface area (Å²) in [5.74, 6) is -1.71. The summed E-state index contributed by atoms with van der Waals surface area (Å²) in [6, 6.07) is 26.0. The summed E-state index contributed by atoms with van der Waals surface area (Å²) >= 11 is 0. The number of rotatable bonds is 4. The molecule has 6 nitrogen and oxygen atoms in total. The minimum absolute atomic E-state index is 0.158. The molecule has 1 saturated heterocycles. The summed E-state index contributed by atoms with van der Waals surface area (Å²) in [6.45, 7) is 0. The molecule has 4 aromatic rings. The van der Waals surface area contributed by atoms with E-state index in [0.29, 0.717) is 11.3 Å². The van der Waals surface area contributed by atoms with Crippen LogP contribution < -0.4 is 5.32 Å². The van der Waals surface area contributed by atoms with Crippen molar-refractivity contribution in [2.75, 3.05) is 5.32 Å². The van der Waals surface area contributed by atoms with Gasteiger partial charge in [-0.1, -0.05) is 72.8 Å². The molecule has 1 fully saturated rings. The molecule has 37 heavy (non-hydrogen) atoms. The molecule has 0 bridgehead atoms. The number of amides is 1. The van der Waals surface area contributed by atoms with Crippen LogP contribution in [0, 0.1) is 5.92 Å². The monoisotopic (exact) mass is 486 g/mol. The molecule has 4 atom stereocenters. The van der Waals surface area contributed by atoms with E-state index in [9.17, 15) is 14.4 Å². The lowest BCUT2D eigenvalue weighted by Gasteiger charge is -2.38. The molecule has 3 aromatic carbocycles. The largest absolute Gasteiger partial charge is 0.461 e. The van der Waals surface area contributed by atoms with Gasteiger partial charge in [0.2, 0.25) is 11.7 Å². The summed E-state index contributed by atoms with van der Waals surface area (Å²) in [6.07, 6.45) is 5.24. The number of carbonyl (C=O) groups is 3. The molecule has 0 radical (unpaired) electrons. The van der Waals surface area contributed by atoms with Gasteiger partial charge in [-0.3, -0.25) is 14.4 Å². The van der Waals surface area contributed by atoms with Gasteiger partial charge in [0.05, 0.1) is 18.2 Å². The Kier molecular flexibility index (Phi) is 4.60. The zero-order chi connectivity index (χ0) is 25.1. The highest BCUT2D eigenvalue weighted by Gasteiger charge is 2.70. The van der Waals surface area contributed by atoms with Gasteiger partial charge in [-0.25, -0.2) is 0 Å². The number of hydrogen-bond acceptors (Lipinski definition) is 5. The van der Waals surface area contributed by atoms with Crippen molar-refractivity contribution < 1.29 is 18.8 Å². The Labute approximate surface area is 213 Å². The number of furan rings is 1. The van der Waals surface area contributed by atoms with E-state index in [2.05, 4.69) is 5.32 Å². The highest BCUT2D eigenvalue weighted by molar-refractivity contribution is 6.16. The predicted octanol–water partition coefficient (Wildman–Crippen LogP) is 5.26. The standard InChI is InChI=1S/C31H22N2O4/c34-27(20-10-2-1-3-11-20)25-26(28(35)24-15-8-18-37-24)33-17-16-19-9-4-5-12-21(19)29(33)31(25)22-13-6-7-14-23(22)32-30(31)36/h1-18,25-26,29H,(H,32,36)/t25-,26+,29+,31-/m1/s1. The first-order valence-corrected chi connectivity index (χ1v) is 12.2. The van der Waals surface area contributed by atoms with Gasteiger partial charge in [0.15, 0.2) is 11.5 Å². The van der Waals surface area contributed by atoms with Gasteiger partial charge in [-0.05, 0) is 41.0 Å². The molecule has 180 valence electrons. The molecule has 4 heterocycles. The molecule has 1 N–H and O–H groups in total. The van der Waals surface area contributed by atoms with Crippen molar-refractivity contribution in [2.45, 2.75) is 17.5 Å². The molecule has 3 aliphatic rings. The number of para-hydroxylation sites is 1. The van der Waals surface area contributed by atoms with Crippen LogP contribution in [0.25, 0.3) is 6.08 Å². The molecule has 0 aliphatic carbocycles. The van der Waals surface area contributed by atoms with Crippen LogP contribution >= 0.6 is 0 Å². The maximum Gasteiger partial charge on any atom is 0.238 e. The van der Waals surface area contributed by atoms with Crippen molar-refractivity contribution in [3.63, 3.8) is 0 Å². The lowest BCUT2D eigenvalue weighted by molar-refractivity contribution is -0.122. The van der Waals surface area contributed by atoms with Crippen LogP contribution in [0.4, 0.5) is 5.69 Å². The van der Waals surface area contributed by atoms with Crippen LogP contribution in [0.15, 0.2) is 108 Å². The Morgan fingerprint density at radius 2 is 1.59 bits per heavy atom. The van der Waals surface area contributed by atoms with Crippen LogP contribution in [0.5, 0.6) is 0 Å². The third-order valence-corrected chi connectivity index (χ3v) is 7.94. The Hall–Kier alpha value is -4.71. The van der Waals surface area contributed by atoms with Crippen molar-refractivity contribution >= 4 is 29.2 Å². The first-order valence-electron chi connectivity index (χ1n) is 12.2. The molecule has 0 saturated carbocycles. The van der Waals surface area contributed by atoms with Crippen LogP contribution in [0.2, 0.25) is 0 Å². The molecular formula is C31H22N2O4. The first kappa shape index (κ1) is 21.6. The molecule has 6 heteroatoms. The number of anilines is 1. The van der Waals surface area contributed by atoms with Gasteiger partial charge in [0.1, 0.15) is 11.5 Å². The molecule has 1 aromatic heterocycles. The summed E-state index contributed by atoms with van der Waals surface area (Å²) < 4.78 is 5.53. The van der Waals surface area contributed by atoms with E-state index >= 15 is 0 Å². The van der Waals surface area contributed by atoms with Gasteiger partial charge >= 0.3 is 0 Å². The fourth-order valence-corrected chi connectivity index (χ4v) is 6.51. The Balaban J connectivity index is 1.56. The second-order valence-corrected chi connectivity index (χ2v) is 9.66. The summed E-state index contributed by atoms with van der Waals surface area (Å²) in [4.78, 5) is 44.8. The van der Waals surface area contributed by atoms with Gasteiger partial charge in [0, 0.05) is 17.5 Å². The lowest BCUT2D eigenvalue weighted by atomic mass is 9.62. The van der Waals surface area contributed by atoms with E-state index < -0.39 is 23.4 Å². The average Bonchev–Trinajstić information content (AvgIpc) is 3.65. The smallest absolute Gasteiger partial charge is 0.238 e. The molecule has 1 amide bonds. The normalized spacial score (nSPS) is 24.9. The SMILES string of the molecule is O=C(c1ccco1)[C@@H]1[C@H](C(=O)c2ccccc2)[C@@]2(C(=O)Nc3ccccc32)[C@@H]2c3ccccc3C=CN12. The number of carbonyl (C=O) groups excluding carboxylic acids is 3. The molecule has 1 spiro atoms. The van der Waals surface area contributed by atoms with E-state index in [1.807, 2.05) is 71.8 Å². The van der Waals surface area contributed by atoms with Crippen molar-refractivity contribution in [1.82, 2.24) is 4.90 Å². The van der Waals surface area contributed by atoms with Crippen molar-refractivity contribution in [2.24, 2.45) is 5.92 Å². The minimum atomic E-state index is -1.34. The van der Waals surface area contributed by atoms with Crippen LogP contribution in [-0.4, -0.2) is 28.4 Å². The van der Waals surface area contributed by atoms with Gasteiger partial charge in [0.25, 0.3) is 0 Å². The van der Waals surface area contributed by atoms with Gasteiger partial charge in [-0.2, -0.15) is 0 Å². The number of nitrogens with zero attached hydrogens (tertiary/aromatic N) is 1. The number of fused-ring (bicyclic) bond motifs is 6. The van der Waals surface area contributed by atoms with Crippen LogP contribution in [0.1, 0.15) is 43.6 Å². The third-order valence-electron chi connectivity index (χ3n) is 7.94. The van der Waals surface area contributed by atoms with Crippen LogP contribution in [0.3, 0.4) is 0 Å². The zero-order valence-corrected chi connectivity index (χ0v) is 19.7. The highest BCUT2D eigenvalue weighted by atomic mass is 16.3. The maximum atomic E-state index is 14.5. The van der Waals surface area contributed by atoms with Crippen molar-refractivity contribution in [3.05, 3.63) is 131 Å². The molecule has 7 rings (SSSR count). The molecule has 3 aliphatic heterocycles. The number of ketones is 2. The second-order valence-electron chi connectivity index (χ2n) is 9.66. The zero-order valence-electron chi connectivity index (χ0n) is 19.7. The third kappa shape index (κ3) is 2.84. The number of Topliss-reactive ketones (excluding diaryl/α,β-unsaturated/α-hetero) is 2. The topological polar surface area (TPSA) is 79.6 Å². The minimum Gasteiger partial charge on any atom is -0.461 e. The second kappa shape index (κ2) is 7.90. The van der Waals surface area contributed by atoms with E-state index in [1.54, 1.807) is 36.4 Å². The highest BCUT2D eigenvalue weighted by Crippen LogP contribution is 2.62. The Bertz CT molecular complexity index is 1590. The fourth-order valence-electron chi connectivity index (χ4n) is 6.51. The number of hydrogen-bond donors (Lipinski definition) is 1. The quantitative estimate of drug-likeness (QED) is 0.398. The van der Waals surface area contributed by atoms with Crippen molar-refractivity contribution in [1.29, 1.82) is 0 Å². The Morgan fingerprint density at radius 3 is 2.41 bits per heavy atom. The van der Waals surface area contributed by atoms with Crippen molar-refractivity contribution in [3.8, 4) is 0 Å². The lowest BCUT2D eigenvalue weighted by Crippen LogP contribution is -2.49. The maximum absolute atomic E-state index is 14.5. The molecular weight excluding hydrogens is 464 g/mol. The number of nitrogens with one attached hydrogen (secondary N) is 1.